The summed E-state index contributed by atoms with van der Waals surface area (Å²) < 4.78 is 55.9. The molecule has 1 N–H and O–H groups in total. The standard InChI is InChI=1S/C17H17F2N5O3S/c18-11-2-1-3-12(19)16(11)28(26,27)24-14-4-5-15(24)10-8-23(7-9(10)14)17(25)13-6-20-22-21-13/h1-3,6,9-10,14-15H,4-5,7-8H2,(H,20,21,22)/t9-,10+,14-,15+. The highest BCUT2D eigenvalue weighted by Crippen LogP contribution is 2.51. The van der Waals surface area contributed by atoms with Crippen LogP contribution in [0.15, 0.2) is 29.3 Å². The van der Waals surface area contributed by atoms with Gasteiger partial charge in [-0.3, -0.25) is 4.79 Å². The van der Waals surface area contributed by atoms with Crippen molar-refractivity contribution in [3.05, 3.63) is 41.7 Å². The summed E-state index contributed by atoms with van der Waals surface area (Å²) in [6.45, 7) is 0.784. The van der Waals surface area contributed by atoms with Crippen LogP contribution in [0.2, 0.25) is 0 Å². The number of nitrogens with one attached hydrogen (secondary N) is 1. The van der Waals surface area contributed by atoms with E-state index in [1.54, 1.807) is 4.90 Å². The van der Waals surface area contributed by atoms with E-state index in [1.165, 1.54) is 10.5 Å². The lowest BCUT2D eigenvalue weighted by Gasteiger charge is -2.26. The second-order valence-electron chi connectivity index (χ2n) is 7.49. The Hall–Kier alpha value is -2.40. The minimum atomic E-state index is -4.31. The molecule has 0 spiro atoms. The summed E-state index contributed by atoms with van der Waals surface area (Å²) in [4.78, 5) is 13.3. The van der Waals surface area contributed by atoms with Crippen molar-refractivity contribution in [1.29, 1.82) is 0 Å². The lowest BCUT2D eigenvalue weighted by Crippen LogP contribution is -2.41. The van der Waals surface area contributed by atoms with Gasteiger partial charge in [-0.25, -0.2) is 17.2 Å². The summed E-state index contributed by atoms with van der Waals surface area (Å²) in [5.41, 5.74) is 0.213. The Morgan fingerprint density at radius 1 is 1.11 bits per heavy atom. The van der Waals surface area contributed by atoms with Crippen LogP contribution < -0.4 is 0 Å². The highest BCUT2D eigenvalue weighted by atomic mass is 32.2. The first-order valence-electron chi connectivity index (χ1n) is 9.02. The van der Waals surface area contributed by atoms with Crippen molar-refractivity contribution in [1.82, 2.24) is 24.6 Å². The molecule has 0 unspecified atom stereocenters. The molecule has 3 saturated heterocycles. The highest BCUT2D eigenvalue weighted by molar-refractivity contribution is 7.89. The summed E-state index contributed by atoms with van der Waals surface area (Å²) >= 11 is 0. The predicted molar refractivity (Wildman–Crippen MR) is 91.5 cm³/mol. The van der Waals surface area contributed by atoms with E-state index in [9.17, 15) is 22.0 Å². The molecule has 5 rings (SSSR count). The minimum absolute atomic E-state index is 0.0563. The van der Waals surface area contributed by atoms with Crippen LogP contribution in [0.3, 0.4) is 0 Å². The zero-order valence-corrected chi connectivity index (χ0v) is 15.4. The Labute approximate surface area is 159 Å². The van der Waals surface area contributed by atoms with Gasteiger partial charge < -0.3 is 4.90 Å². The number of carbonyl (C=O) groups excluding carboxylic acids is 1. The first kappa shape index (κ1) is 17.7. The molecule has 148 valence electrons. The fourth-order valence-corrected chi connectivity index (χ4v) is 7.22. The maximum Gasteiger partial charge on any atom is 0.276 e. The van der Waals surface area contributed by atoms with Gasteiger partial charge in [-0.1, -0.05) is 6.07 Å². The zero-order chi connectivity index (χ0) is 19.6. The molecule has 0 radical (unpaired) electrons. The fraction of sp³-hybridized carbons (Fsp3) is 0.471. The minimum Gasteiger partial charge on any atom is -0.336 e. The molecule has 3 aliphatic rings. The molecular formula is C17H17F2N5O3S. The molecule has 3 fully saturated rings. The van der Waals surface area contributed by atoms with E-state index in [2.05, 4.69) is 15.4 Å². The molecule has 4 atom stereocenters. The number of aromatic amines is 1. The topological polar surface area (TPSA) is 99.3 Å². The summed E-state index contributed by atoms with van der Waals surface area (Å²) in [6.07, 6.45) is 2.59. The number of likely N-dealkylation sites (tertiary alicyclic amines) is 1. The number of benzene rings is 1. The molecule has 11 heteroatoms. The van der Waals surface area contributed by atoms with E-state index in [1.807, 2.05) is 0 Å². The van der Waals surface area contributed by atoms with Gasteiger partial charge in [0.15, 0.2) is 10.6 Å². The van der Waals surface area contributed by atoms with Gasteiger partial charge in [0, 0.05) is 25.2 Å². The predicted octanol–water partition coefficient (Wildman–Crippen LogP) is 1.01. The van der Waals surface area contributed by atoms with E-state index in [4.69, 9.17) is 0 Å². The van der Waals surface area contributed by atoms with Gasteiger partial charge in [0.1, 0.15) is 11.6 Å². The number of nitrogens with zero attached hydrogens (tertiary/aromatic N) is 4. The largest absolute Gasteiger partial charge is 0.336 e. The monoisotopic (exact) mass is 409 g/mol. The van der Waals surface area contributed by atoms with Crippen LogP contribution in [-0.2, 0) is 10.0 Å². The number of H-pyrrole nitrogens is 1. The Bertz CT molecular complexity index is 1000. The highest BCUT2D eigenvalue weighted by Gasteiger charge is 2.61. The van der Waals surface area contributed by atoms with Crippen LogP contribution in [0.5, 0.6) is 0 Å². The van der Waals surface area contributed by atoms with E-state index in [0.29, 0.717) is 25.9 Å². The van der Waals surface area contributed by atoms with Crippen molar-refractivity contribution in [2.75, 3.05) is 13.1 Å². The maximum atomic E-state index is 14.2. The summed E-state index contributed by atoms with van der Waals surface area (Å²) in [7, 11) is -4.31. The van der Waals surface area contributed by atoms with Gasteiger partial charge >= 0.3 is 0 Å². The Morgan fingerprint density at radius 3 is 2.25 bits per heavy atom. The number of carbonyl (C=O) groups is 1. The third kappa shape index (κ3) is 2.35. The number of sulfonamides is 1. The smallest absolute Gasteiger partial charge is 0.276 e. The van der Waals surface area contributed by atoms with Gasteiger partial charge in [-0.05, 0) is 36.8 Å². The van der Waals surface area contributed by atoms with Crippen LogP contribution in [-0.4, -0.2) is 64.1 Å². The number of halogens is 2. The third-order valence-electron chi connectivity index (χ3n) is 6.19. The average molecular weight is 409 g/mol. The van der Waals surface area contributed by atoms with E-state index in [-0.39, 0.29) is 35.5 Å². The first-order chi connectivity index (χ1) is 13.4. The fourth-order valence-electron chi connectivity index (χ4n) is 5.14. The van der Waals surface area contributed by atoms with Crippen LogP contribution in [0.1, 0.15) is 23.3 Å². The quantitative estimate of drug-likeness (QED) is 0.816. The normalized spacial score (nSPS) is 29.4. The molecule has 1 aromatic carbocycles. The van der Waals surface area contributed by atoms with Crippen LogP contribution in [0.25, 0.3) is 0 Å². The molecule has 0 saturated carbocycles. The SMILES string of the molecule is O=C(c1cn[nH]n1)N1C[C@@H]2[C@H](C1)[C@@H]1CC[C@H]2N1S(=O)(=O)c1c(F)cccc1F. The van der Waals surface area contributed by atoms with Crippen LogP contribution in [0, 0.1) is 23.5 Å². The van der Waals surface area contributed by atoms with Gasteiger partial charge in [0.2, 0.25) is 10.0 Å². The first-order valence-corrected chi connectivity index (χ1v) is 10.5. The third-order valence-corrected chi connectivity index (χ3v) is 8.19. The Balaban J connectivity index is 1.44. The molecule has 28 heavy (non-hydrogen) atoms. The molecule has 2 aromatic rings. The van der Waals surface area contributed by atoms with Crippen molar-refractivity contribution in [2.24, 2.45) is 11.8 Å². The molecule has 8 nitrogen and oxygen atoms in total. The Kier molecular flexibility index (Phi) is 3.82. The number of aromatic nitrogens is 3. The number of fused-ring (bicyclic) bond motifs is 5. The van der Waals surface area contributed by atoms with Crippen molar-refractivity contribution >= 4 is 15.9 Å². The number of rotatable bonds is 3. The van der Waals surface area contributed by atoms with E-state index >= 15 is 0 Å². The van der Waals surface area contributed by atoms with Crippen molar-refractivity contribution in [2.45, 2.75) is 29.8 Å². The zero-order valence-electron chi connectivity index (χ0n) is 14.6. The second kappa shape index (κ2) is 6.05. The van der Waals surface area contributed by atoms with Gasteiger partial charge in [-0.15, -0.1) is 0 Å². The van der Waals surface area contributed by atoms with Gasteiger partial charge in [-0.2, -0.15) is 19.7 Å². The van der Waals surface area contributed by atoms with Gasteiger partial charge in [0.25, 0.3) is 5.91 Å². The Morgan fingerprint density at radius 2 is 1.71 bits per heavy atom. The maximum absolute atomic E-state index is 14.2. The molecule has 1 aromatic heterocycles. The number of amides is 1. The van der Waals surface area contributed by atoms with Crippen LogP contribution >= 0.6 is 0 Å². The summed E-state index contributed by atoms with van der Waals surface area (Å²) in [6, 6.07) is 2.31. The molecule has 3 aliphatic heterocycles. The second-order valence-corrected chi connectivity index (χ2v) is 9.27. The van der Waals surface area contributed by atoms with Crippen LogP contribution in [0.4, 0.5) is 8.78 Å². The van der Waals surface area contributed by atoms with Crippen molar-refractivity contribution in [3.8, 4) is 0 Å². The number of hydrogen-bond donors (Lipinski definition) is 1. The molecule has 4 heterocycles. The average Bonchev–Trinajstić information content (AvgIpc) is 3.41. The summed E-state index contributed by atoms with van der Waals surface area (Å²) in [5.74, 6) is -2.53. The lowest BCUT2D eigenvalue weighted by atomic mass is 9.82. The van der Waals surface area contributed by atoms with Crippen molar-refractivity contribution < 1.29 is 22.0 Å². The molecule has 2 bridgehead atoms. The summed E-state index contributed by atoms with van der Waals surface area (Å²) in [5, 5.41) is 9.85. The number of hydrogen-bond acceptors (Lipinski definition) is 5. The van der Waals surface area contributed by atoms with Crippen molar-refractivity contribution in [3.63, 3.8) is 0 Å². The molecule has 0 aliphatic carbocycles. The molecular weight excluding hydrogens is 392 g/mol. The molecule has 1 amide bonds. The van der Waals surface area contributed by atoms with Gasteiger partial charge in [0.05, 0.1) is 6.20 Å². The van der Waals surface area contributed by atoms with E-state index in [0.717, 1.165) is 18.2 Å². The lowest BCUT2D eigenvalue weighted by molar-refractivity contribution is 0.0767. The van der Waals surface area contributed by atoms with E-state index < -0.39 is 26.6 Å².